The number of pyridine rings is 2. The van der Waals surface area contributed by atoms with E-state index in [0.29, 0.717) is 37.0 Å². The first-order valence-electron chi connectivity index (χ1n) is 12.5. The Morgan fingerprint density at radius 2 is 1.67 bits per heavy atom. The lowest BCUT2D eigenvalue weighted by Crippen LogP contribution is -2.44. The molecule has 1 aliphatic carbocycles. The van der Waals surface area contributed by atoms with Crippen molar-refractivity contribution in [3.63, 3.8) is 0 Å². The average Bonchev–Trinajstić information content (AvgIpc) is 3.57. The van der Waals surface area contributed by atoms with Gasteiger partial charge in [0.25, 0.3) is 11.8 Å². The largest absolute Gasteiger partial charge is 0.349 e. The number of hydrogen-bond acceptors (Lipinski definition) is 6. The molecule has 1 aromatic carbocycles. The molecule has 0 saturated heterocycles. The number of nitrogens with one attached hydrogen (secondary N) is 4. The Morgan fingerprint density at radius 3 is 2.46 bits per heavy atom. The van der Waals surface area contributed by atoms with Crippen molar-refractivity contribution >= 4 is 39.9 Å². The van der Waals surface area contributed by atoms with E-state index in [-0.39, 0.29) is 35.1 Å². The normalized spacial score (nSPS) is 17.3. The zero-order valence-electron chi connectivity index (χ0n) is 20.6. The summed E-state index contributed by atoms with van der Waals surface area (Å²) in [6, 6.07) is 9.25. The molecule has 0 atom stereocenters. The Kier molecular flexibility index (Phi) is 6.35. The van der Waals surface area contributed by atoms with Crippen LogP contribution >= 0.6 is 0 Å². The Hall–Kier alpha value is -4.87. The van der Waals surface area contributed by atoms with Crippen LogP contribution in [0.4, 0.5) is 20.3 Å². The van der Waals surface area contributed by atoms with E-state index in [2.05, 4.69) is 36.1 Å². The number of carbonyl (C=O) groups excluding carboxylic acids is 2. The summed E-state index contributed by atoms with van der Waals surface area (Å²) >= 11 is 0. The molecule has 198 valence electrons. The van der Waals surface area contributed by atoms with Crippen molar-refractivity contribution in [2.75, 3.05) is 5.32 Å². The molecule has 39 heavy (non-hydrogen) atoms. The summed E-state index contributed by atoms with van der Waals surface area (Å²) in [6.07, 6.45) is 8.06. The van der Waals surface area contributed by atoms with Gasteiger partial charge in [-0.1, -0.05) is 0 Å². The first kappa shape index (κ1) is 24.5. The minimum atomic E-state index is -0.614. The number of amides is 2. The van der Waals surface area contributed by atoms with Crippen LogP contribution in [0.15, 0.2) is 61.2 Å². The van der Waals surface area contributed by atoms with E-state index >= 15 is 0 Å². The Bertz CT molecular complexity index is 1690. The number of carbonyl (C=O) groups is 2. The third-order valence-electron chi connectivity index (χ3n) is 6.85. The molecule has 0 bridgehead atoms. The fourth-order valence-electron chi connectivity index (χ4n) is 4.85. The fourth-order valence-corrected chi connectivity index (χ4v) is 4.85. The fraction of sp³-hybridized carbons (Fsp3) is 0.222. The van der Waals surface area contributed by atoms with Gasteiger partial charge in [-0.15, -0.1) is 0 Å². The maximum Gasteiger partial charge on any atom is 0.271 e. The van der Waals surface area contributed by atoms with Gasteiger partial charge in [-0.25, -0.2) is 18.7 Å². The van der Waals surface area contributed by atoms with E-state index in [1.807, 2.05) is 18.2 Å². The van der Waals surface area contributed by atoms with Crippen LogP contribution in [-0.2, 0) is 0 Å². The number of benzene rings is 1. The van der Waals surface area contributed by atoms with Crippen LogP contribution in [0.2, 0.25) is 0 Å². The van der Waals surface area contributed by atoms with Gasteiger partial charge in [0.2, 0.25) is 0 Å². The highest BCUT2D eigenvalue weighted by atomic mass is 19.1. The molecule has 1 aliphatic rings. The van der Waals surface area contributed by atoms with E-state index in [4.69, 9.17) is 0 Å². The minimum absolute atomic E-state index is 0.0851. The molecule has 4 heterocycles. The third-order valence-corrected chi connectivity index (χ3v) is 6.85. The quantitative estimate of drug-likeness (QED) is 0.262. The molecule has 2 amide bonds. The molecule has 10 nitrogen and oxygen atoms in total. The van der Waals surface area contributed by atoms with Crippen molar-refractivity contribution in [2.24, 2.45) is 0 Å². The van der Waals surface area contributed by atoms with Gasteiger partial charge in [-0.2, -0.15) is 5.10 Å². The second-order valence-corrected chi connectivity index (χ2v) is 9.58. The van der Waals surface area contributed by atoms with Gasteiger partial charge in [-0.05, 0) is 62.1 Å². The highest BCUT2D eigenvalue weighted by Gasteiger charge is 2.26. The van der Waals surface area contributed by atoms with Crippen LogP contribution in [0.3, 0.4) is 0 Å². The highest BCUT2D eigenvalue weighted by Crippen LogP contribution is 2.24. The lowest BCUT2D eigenvalue weighted by Gasteiger charge is -2.29. The monoisotopic (exact) mass is 530 g/mol. The number of nitrogens with zero attached hydrogens (tertiary/aromatic N) is 4. The average molecular weight is 531 g/mol. The van der Waals surface area contributed by atoms with Crippen molar-refractivity contribution in [1.82, 2.24) is 35.2 Å². The predicted octanol–water partition coefficient (Wildman–Crippen LogP) is 4.10. The van der Waals surface area contributed by atoms with Crippen LogP contribution in [0, 0.1) is 11.6 Å². The summed E-state index contributed by atoms with van der Waals surface area (Å²) < 4.78 is 28.9. The Morgan fingerprint density at radius 1 is 0.897 bits per heavy atom. The second kappa shape index (κ2) is 10.1. The van der Waals surface area contributed by atoms with Crippen LogP contribution in [-0.4, -0.2) is 48.5 Å². The van der Waals surface area contributed by atoms with Crippen LogP contribution in [0.5, 0.6) is 0 Å². The number of aromatic amines is 1. The topological polar surface area (TPSA) is 129 Å². The summed E-state index contributed by atoms with van der Waals surface area (Å²) in [4.78, 5) is 34.2. The maximum absolute atomic E-state index is 14.0. The molecular weight excluding hydrogens is 506 g/mol. The number of rotatable bonds is 6. The molecule has 5 aromatic rings. The van der Waals surface area contributed by atoms with Crippen LogP contribution in [0.25, 0.3) is 16.6 Å². The van der Waals surface area contributed by atoms with E-state index in [9.17, 15) is 18.4 Å². The Labute approximate surface area is 220 Å². The first-order valence-corrected chi connectivity index (χ1v) is 12.5. The SMILES string of the molecule is O=C(NC1CCC(NC(=O)c2cc(F)cnc2Nc2ccc3[nH]ncc3c2)CC1)c1cn2cc(F)ccc2n1. The van der Waals surface area contributed by atoms with Gasteiger partial charge in [0.1, 0.15) is 28.8 Å². The smallest absolute Gasteiger partial charge is 0.271 e. The van der Waals surface area contributed by atoms with Crippen molar-refractivity contribution in [3.05, 3.63) is 84.1 Å². The van der Waals surface area contributed by atoms with Crippen LogP contribution in [0.1, 0.15) is 46.5 Å². The van der Waals surface area contributed by atoms with Crippen molar-refractivity contribution in [1.29, 1.82) is 0 Å². The molecule has 1 saturated carbocycles. The molecule has 0 unspecified atom stereocenters. The maximum atomic E-state index is 14.0. The Balaban J connectivity index is 1.07. The molecule has 1 fully saturated rings. The lowest BCUT2D eigenvalue weighted by atomic mass is 9.91. The van der Waals surface area contributed by atoms with Gasteiger partial charge in [-0.3, -0.25) is 14.7 Å². The third kappa shape index (κ3) is 5.26. The van der Waals surface area contributed by atoms with E-state index in [0.717, 1.165) is 23.2 Å². The molecule has 6 rings (SSSR count). The van der Waals surface area contributed by atoms with Crippen molar-refractivity contribution in [2.45, 2.75) is 37.8 Å². The van der Waals surface area contributed by atoms with E-state index < -0.39 is 17.5 Å². The molecule has 0 aliphatic heterocycles. The summed E-state index contributed by atoms with van der Waals surface area (Å²) in [6.45, 7) is 0. The summed E-state index contributed by atoms with van der Waals surface area (Å²) in [5, 5.41) is 16.8. The second-order valence-electron chi connectivity index (χ2n) is 9.58. The summed E-state index contributed by atoms with van der Waals surface area (Å²) in [7, 11) is 0. The molecule has 4 N–H and O–H groups in total. The van der Waals surface area contributed by atoms with Crippen LogP contribution < -0.4 is 16.0 Å². The van der Waals surface area contributed by atoms with Gasteiger partial charge >= 0.3 is 0 Å². The van der Waals surface area contributed by atoms with Gasteiger partial charge < -0.3 is 20.4 Å². The number of aromatic nitrogens is 5. The zero-order valence-corrected chi connectivity index (χ0v) is 20.6. The molecule has 0 spiro atoms. The van der Waals surface area contributed by atoms with Crippen molar-refractivity contribution in [3.8, 4) is 0 Å². The number of H-pyrrole nitrogens is 1. The highest BCUT2D eigenvalue weighted by molar-refractivity contribution is 5.99. The van der Waals surface area contributed by atoms with Gasteiger partial charge in [0.15, 0.2) is 0 Å². The number of fused-ring (bicyclic) bond motifs is 2. The number of halogens is 2. The minimum Gasteiger partial charge on any atom is -0.349 e. The zero-order chi connectivity index (χ0) is 26.9. The summed E-state index contributed by atoms with van der Waals surface area (Å²) in [5.74, 6) is -1.55. The number of imidazole rings is 1. The number of hydrogen-bond donors (Lipinski definition) is 4. The van der Waals surface area contributed by atoms with E-state index in [1.54, 1.807) is 6.20 Å². The number of anilines is 2. The first-order chi connectivity index (χ1) is 18.9. The van der Waals surface area contributed by atoms with E-state index in [1.165, 1.54) is 28.9 Å². The lowest BCUT2D eigenvalue weighted by molar-refractivity contribution is 0.0889. The predicted molar refractivity (Wildman–Crippen MR) is 140 cm³/mol. The summed E-state index contributed by atoms with van der Waals surface area (Å²) in [5.41, 5.74) is 2.34. The molecule has 0 radical (unpaired) electrons. The van der Waals surface area contributed by atoms with Gasteiger partial charge in [0.05, 0.1) is 23.5 Å². The standard InChI is InChI=1S/C27H24F2N8O2/c28-16-1-8-24-35-23(14-37(24)13-16)27(39)34-19-4-2-18(3-5-19)33-26(38)21-10-17(29)12-30-25(21)32-20-6-7-22-15(9-20)11-31-36-22/h1,6-14,18-19H,2-5H2,(H,30,32)(H,31,36)(H,33,38)(H,34,39). The molecule has 4 aromatic heterocycles. The van der Waals surface area contributed by atoms with Crippen molar-refractivity contribution < 1.29 is 18.4 Å². The molecular formula is C27H24F2N8O2. The molecule has 12 heteroatoms. The van der Waals surface area contributed by atoms with Gasteiger partial charge in [0, 0.05) is 35.6 Å².